The molecule has 0 amide bonds. The number of benzene rings is 3. The average Bonchev–Trinajstić information content (AvgIpc) is 3.16. The Hall–Kier alpha value is -2.40. The van der Waals surface area contributed by atoms with Crippen molar-refractivity contribution in [3.8, 4) is 17.2 Å². The van der Waals surface area contributed by atoms with Crippen molar-refractivity contribution in [3.63, 3.8) is 0 Å². The Labute approximate surface area is 175 Å². The fourth-order valence-electron chi connectivity index (χ4n) is 2.88. The zero-order valence-corrected chi connectivity index (χ0v) is 16.7. The minimum atomic E-state index is 0. The summed E-state index contributed by atoms with van der Waals surface area (Å²) < 4.78 is 16.6. The molecule has 3 aromatic carbocycles. The first-order chi connectivity index (χ1) is 13.3. The normalized spacial score (nSPS) is 11.8. The fourth-order valence-corrected chi connectivity index (χ4v) is 3.07. The van der Waals surface area contributed by atoms with E-state index in [4.69, 9.17) is 25.8 Å². The zero-order valence-electron chi connectivity index (χ0n) is 15.2. The van der Waals surface area contributed by atoms with Gasteiger partial charge in [0.15, 0.2) is 11.5 Å². The summed E-state index contributed by atoms with van der Waals surface area (Å²) >= 11 is 6.15. The first-order valence-electron chi connectivity index (χ1n) is 8.82. The molecule has 0 radical (unpaired) electrons. The monoisotopic (exact) mass is 416 g/mol. The van der Waals surface area contributed by atoms with Crippen LogP contribution in [0.1, 0.15) is 16.7 Å². The van der Waals surface area contributed by atoms with E-state index in [9.17, 15) is 0 Å². The van der Waals surface area contributed by atoms with Crippen molar-refractivity contribution in [3.05, 3.63) is 88.4 Å². The van der Waals surface area contributed by atoms with Crippen molar-refractivity contribution in [1.29, 1.82) is 0 Å². The van der Waals surface area contributed by atoms with Crippen LogP contribution >= 0.6 is 11.6 Å². The molecule has 3 aromatic rings. The minimum Gasteiger partial charge on any atom is -1.00 e. The maximum Gasteiger partial charge on any atom is 0.231 e. The molecule has 0 spiro atoms. The van der Waals surface area contributed by atoms with Crippen molar-refractivity contribution >= 4 is 11.6 Å². The second kappa shape index (κ2) is 9.69. The summed E-state index contributed by atoms with van der Waals surface area (Å²) in [5.41, 5.74) is 3.34. The van der Waals surface area contributed by atoms with Crippen molar-refractivity contribution in [1.82, 2.24) is 5.32 Å². The maximum atomic E-state index is 6.15. The van der Waals surface area contributed by atoms with Gasteiger partial charge < -0.3 is 31.9 Å². The molecule has 146 valence electrons. The van der Waals surface area contributed by atoms with Gasteiger partial charge in [0.2, 0.25) is 6.79 Å². The molecule has 1 heterocycles. The van der Waals surface area contributed by atoms with E-state index in [0.29, 0.717) is 13.4 Å². The zero-order chi connectivity index (χ0) is 18.5. The highest BCUT2D eigenvalue weighted by molar-refractivity contribution is 6.31. The first kappa shape index (κ1) is 20.3. The Bertz CT molecular complexity index is 916. The molecular weight excluding hydrogens is 397 g/mol. The van der Waals surface area contributed by atoms with Gasteiger partial charge in [-0.15, -0.1) is 0 Å². The molecule has 0 saturated carbocycles. The lowest BCUT2D eigenvalue weighted by Gasteiger charge is -2.09. The third-order valence-electron chi connectivity index (χ3n) is 4.37. The minimum absolute atomic E-state index is 0. The molecular formula is C22H20Cl2NO3-. The molecule has 1 aliphatic heterocycles. The summed E-state index contributed by atoms with van der Waals surface area (Å²) in [6, 6.07) is 21.8. The van der Waals surface area contributed by atoms with E-state index in [2.05, 4.69) is 17.4 Å². The molecule has 6 heteroatoms. The molecule has 0 saturated heterocycles. The number of ether oxygens (including phenoxy) is 3. The summed E-state index contributed by atoms with van der Waals surface area (Å²) in [7, 11) is 0. The molecule has 28 heavy (non-hydrogen) atoms. The Morgan fingerprint density at radius 1 is 0.857 bits per heavy atom. The molecule has 4 rings (SSSR count). The van der Waals surface area contributed by atoms with Gasteiger partial charge in [0.05, 0.1) is 0 Å². The molecule has 1 N–H and O–H groups in total. The van der Waals surface area contributed by atoms with E-state index in [1.54, 1.807) is 0 Å². The highest BCUT2D eigenvalue weighted by Gasteiger charge is 2.12. The van der Waals surface area contributed by atoms with Crippen molar-refractivity contribution in [2.24, 2.45) is 0 Å². The number of nitrogens with one attached hydrogen (secondary N) is 1. The maximum absolute atomic E-state index is 6.15. The number of hydrogen-bond acceptors (Lipinski definition) is 4. The van der Waals surface area contributed by atoms with Gasteiger partial charge in [-0.25, -0.2) is 0 Å². The van der Waals surface area contributed by atoms with Crippen LogP contribution in [0.3, 0.4) is 0 Å². The molecule has 1 aliphatic rings. The summed E-state index contributed by atoms with van der Waals surface area (Å²) in [5, 5.41) is 4.16. The van der Waals surface area contributed by atoms with Crippen molar-refractivity contribution in [2.75, 3.05) is 6.79 Å². The molecule has 0 aliphatic carbocycles. The standard InChI is InChI=1S/C22H20ClNO3.ClH/c23-20-4-2-1-3-18(20)14-25-19-8-5-16(6-9-19)12-24-13-17-7-10-21-22(11-17)27-15-26-21;/h1-11,24H,12-15H2;1H/p-1. The second-order valence-electron chi connectivity index (χ2n) is 6.32. The van der Waals surface area contributed by atoms with Gasteiger partial charge in [-0.3, -0.25) is 0 Å². The summed E-state index contributed by atoms with van der Waals surface area (Å²) in [5.74, 6) is 2.45. The van der Waals surface area contributed by atoms with Crippen LogP contribution in [0.25, 0.3) is 0 Å². The SMILES string of the molecule is Clc1ccccc1COc1ccc(CNCc2ccc3c(c2)OCO3)cc1.[Cl-]. The van der Waals surface area contributed by atoms with Gasteiger partial charge in [0.1, 0.15) is 12.4 Å². The molecule has 0 unspecified atom stereocenters. The van der Waals surface area contributed by atoms with Crippen LogP contribution < -0.4 is 31.9 Å². The summed E-state index contributed by atoms with van der Waals surface area (Å²) in [6.45, 7) is 2.30. The quantitative estimate of drug-likeness (QED) is 0.638. The average molecular weight is 417 g/mol. The number of halogens is 2. The van der Waals surface area contributed by atoms with Gasteiger partial charge in [-0.2, -0.15) is 0 Å². The van der Waals surface area contributed by atoms with Gasteiger partial charge in [0, 0.05) is 23.7 Å². The Morgan fingerprint density at radius 3 is 2.39 bits per heavy atom. The lowest BCUT2D eigenvalue weighted by Crippen LogP contribution is -3.00. The summed E-state index contributed by atoms with van der Waals surface area (Å²) in [4.78, 5) is 0. The van der Waals surface area contributed by atoms with Gasteiger partial charge in [-0.05, 0) is 41.5 Å². The predicted octanol–water partition coefficient (Wildman–Crippen LogP) is 1.94. The lowest BCUT2D eigenvalue weighted by atomic mass is 10.2. The van der Waals surface area contributed by atoms with E-state index in [1.807, 2.05) is 54.6 Å². The van der Waals surface area contributed by atoms with Crippen LogP contribution in [-0.2, 0) is 19.7 Å². The van der Waals surface area contributed by atoms with Crippen LogP contribution in [0.2, 0.25) is 5.02 Å². The molecule has 4 nitrogen and oxygen atoms in total. The fraction of sp³-hybridized carbons (Fsp3) is 0.182. The molecule has 0 fully saturated rings. The molecule has 0 atom stereocenters. The Morgan fingerprint density at radius 2 is 1.57 bits per heavy atom. The smallest absolute Gasteiger partial charge is 0.231 e. The third-order valence-corrected chi connectivity index (χ3v) is 4.74. The number of hydrogen-bond donors (Lipinski definition) is 1. The number of fused-ring (bicyclic) bond motifs is 1. The van der Waals surface area contributed by atoms with Crippen LogP contribution in [0.5, 0.6) is 17.2 Å². The highest BCUT2D eigenvalue weighted by atomic mass is 35.5. The molecule has 0 aromatic heterocycles. The Balaban J connectivity index is 0.00000225. The van der Waals surface area contributed by atoms with Gasteiger partial charge in [-0.1, -0.05) is 48.0 Å². The number of rotatable bonds is 7. The molecule has 0 bridgehead atoms. The lowest BCUT2D eigenvalue weighted by molar-refractivity contribution is -0.00000724. The van der Waals surface area contributed by atoms with Gasteiger partial charge in [0.25, 0.3) is 0 Å². The van der Waals surface area contributed by atoms with Crippen molar-refractivity contribution < 1.29 is 26.6 Å². The second-order valence-corrected chi connectivity index (χ2v) is 6.72. The van der Waals surface area contributed by atoms with Crippen LogP contribution in [0.15, 0.2) is 66.7 Å². The highest BCUT2D eigenvalue weighted by Crippen LogP contribution is 2.32. The van der Waals surface area contributed by atoms with Crippen LogP contribution in [-0.4, -0.2) is 6.79 Å². The summed E-state index contributed by atoms with van der Waals surface area (Å²) in [6.07, 6.45) is 0. The van der Waals surface area contributed by atoms with E-state index in [-0.39, 0.29) is 12.4 Å². The first-order valence-corrected chi connectivity index (χ1v) is 9.20. The largest absolute Gasteiger partial charge is 1.00 e. The van der Waals surface area contributed by atoms with E-state index in [1.165, 1.54) is 11.1 Å². The predicted molar refractivity (Wildman–Crippen MR) is 105 cm³/mol. The van der Waals surface area contributed by atoms with Crippen LogP contribution in [0, 0.1) is 0 Å². The van der Waals surface area contributed by atoms with E-state index >= 15 is 0 Å². The Kier molecular flexibility index (Phi) is 7.04. The van der Waals surface area contributed by atoms with Crippen LogP contribution in [0.4, 0.5) is 0 Å². The van der Waals surface area contributed by atoms with E-state index in [0.717, 1.165) is 40.9 Å². The van der Waals surface area contributed by atoms with Crippen molar-refractivity contribution in [2.45, 2.75) is 19.7 Å². The topological polar surface area (TPSA) is 39.7 Å². The third kappa shape index (κ3) is 5.10. The van der Waals surface area contributed by atoms with E-state index < -0.39 is 0 Å². The van der Waals surface area contributed by atoms with Gasteiger partial charge >= 0.3 is 0 Å².